The third-order valence-electron chi connectivity index (χ3n) is 12.5. The van der Waals surface area contributed by atoms with E-state index in [0.717, 1.165) is 83.6 Å². The van der Waals surface area contributed by atoms with Crippen LogP contribution in [0, 0.1) is 6.85 Å². The van der Waals surface area contributed by atoms with Gasteiger partial charge in [-0.05, 0) is 122 Å². The molecule has 4 heteroatoms. The minimum atomic E-state index is -2.33. The molecule has 0 aliphatic rings. The number of phenolic OH excluding ortho intramolecular Hbond substituents is 1. The van der Waals surface area contributed by atoms with Gasteiger partial charge in [-0.15, -0.1) is 0 Å². The number of hydrogen-bond donors (Lipinski definition) is 1. The van der Waals surface area contributed by atoms with Gasteiger partial charge in [-0.3, -0.25) is 9.55 Å². The molecule has 0 bridgehead atoms. The molecule has 9 aromatic rings. The lowest BCUT2D eigenvalue weighted by molar-refractivity contribution is 0.446. The largest absolute Gasteiger partial charge is 0.507 e. The van der Waals surface area contributed by atoms with Crippen molar-refractivity contribution in [3.63, 3.8) is 0 Å². The summed E-state index contributed by atoms with van der Waals surface area (Å²) in [7, 11) is 0. The third kappa shape index (κ3) is 8.54. The highest BCUT2D eigenvalue weighted by atomic mass is 16.3. The van der Waals surface area contributed by atoms with Crippen molar-refractivity contribution >= 4 is 11.0 Å². The molecule has 65 heavy (non-hydrogen) atoms. The predicted molar refractivity (Wildman–Crippen MR) is 274 cm³/mol. The number of fused-ring (bicyclic) bond motifs is 1. The standard InChI is InChI=1S/C61H59N3O/c1-39-24-29-54(50(32-39)42-20-15-12-16-21-42)64-55-23-17-22-49(56(55)63-58(64)51-37-48(60(5,6)7)38-52(57(51)65)61(8,9)10)45-33-44(40-18-13-11-14-19-40)34-46(35-45)53-36-43(30-31-62-53)41-25-27-47(28-26-41)59(2,3)4/h11-38,65H,1-10H3/i1D3. The van der Waals surface area contributed by atoms with Crippen molar-refractivity contribution in [2.75, 3.05) is 0 Å². The first-order chi connectivity index (χ1) is 32.1. The normalized spacial score (nSPS) is 13.1. The number of phenols is 1. The summed E-state index contributed by atoms with van der Waals surface area (Å²) in [4.78, 5) is 10.6. The van der Waals surface area contributed by atoms with Crippen LogP contribution in [0.2, 0.25) is 0 Å². The van der Waals surface area contributed by atoms with E-state index in [0.29, 0.717) is 11.4 Å². The molecule has 1 N–H and O–H groups in total. The smallest absolute Gasteiger partial charge is 0.149 e. The van der Waals surface area contributed by atoms with E-state index in [2.05, 4.69) is 176 Å². The van der Waals surface area contributed by atoms with Gasteiger partial charge in [0.05, 0.1) is 28.0 Å². The molecular weight excluding hydrogens is 791 g/mol. The molecule has 0 amide bonds. The number of aromatic hydroxyl groups is 1. The Morgan fingerprint density at radius 2 is 1.12 bits per heavy atom. The van der Waals surface area contributed by atoms with E-state index in [4.69, 9.17) is 14.1 Å². The maximum absolute atomic E-state index is 12.5. The second kappa shape index (κ2) is 16.5. The Morgan fingerprint density at radius 1 is 0.477 bits per heavy atom. The second-order valence-corrected chi connectivity index (χ2v) is 20.4. The van der Waals surface area contributed by atoms with Crippen LogP contribution in [0.4, 0.5) is 0 Å². The SMILES string of the molecule is [2H]C([2H])([2H])c1ccc(-n2c(-c3cc(C(C)(C)C)cc(C(C)(C)C)c3O)nc3c(-c4cc(-c5ccccc5)cc(-c5cc(-c6ccc(C(C)(C)C)cc6)ccn5)c4)cccc32)c(-c2ccccc2)c1. The molecule has 0 aliphatic carbocycles. The molecule has 0 spiro atoms. The summed E-state index contributed by atoms with van der Waals surface area (Å²) in [5.41, 5.74) is 15.3. The monoisotopic (exact) mass is 852 g/mol. The molecule has 0 unspecified atom stereocenters. The van der Waals surface area contributed by atoms with E-state index in [1.807, 2.05) is 48.7 Å². The Bertz CT molecular complexity index is 3310. The van der Waals surface area contributed by atoms with Crippen LogP contribution in [-0.4, -0.2) is 19.6 Å². The molecule has 0 fully saturated rings. The molecule has 2 heterocycles. The average Bonchev–Trinajstić information content (AvgIpc) is 3.70. The van der Waals surface area contributed by atoms with Crippen molar-refractivity contribution < 1.29 is 9.22 Å². The average molecular weight is 853 g/mol. The summed E-state index contributed by atoms with van der Waals surface area (Å²) < 4.78 is 27.4. The highest BCUT2D eigenvalue weighted by molar-refractivity contribution is 5.98. The fourth-order valence-corrected chi connectivity index (χ4v) is 8.81. The summed E-state index contributed by atoms with van der Waals surface area (Å²) >= 11 is 0. The van der Waals surface area contributed by atoms with Gasteiger partial charge >= 0.3 is 0 Å². The van der Waals surface area contributed by atoms with Crippen LogP contribution in [0.5, 0.6) is 5.75 Å². The zero-order chi connectivity index (χ0) is 48.3. The van der Waals surface area contributed by atoms with E-state index >= 15 is 0 Å². The van der Waals surface area contributed by atoms with Crippen LogP contribution < -0.4 is 0 Å². The Hall–Kier alpha value is -7.04. The zero-order valence-electron chi connectivity index (χ0n) is 42.0. The lowest BCUT2D eigenvalue weighted by atomic mass is 9.79. The lowest BCUT2D eigenvalue weighted by Crippen LogP contribution is -2.17. The van der Waals surface area contributed by atoms with Gasteiger partial charge in [0.25, 0.3) is 0 Å². The topological polar surface area (TPSA) is 50.9 Å². The first-order valence-corrected chi connectivity index (χ1v) is 22.5. The Morgan fingerprint density at radius 3 is 1.78 bits per heavy atom. The number of aromatic nitrogens is 3. The molecule has 0 radical (unpaired) electrons. The van der Waals surface area contributed by atoms with Gasteiger partial charge in [-0.2, -0.15) is 0 Å². The summed E-state index contributed by atoms with van der Waals surface area (Å²) in [5, 5.41) is 12.5. The van der Waals surface area contributed by atoms with Crippen LogP contribution in [-0.2, 0) is 16.2 Å². The molecule has 324 valence electrons. The summed E-state index contributed by atoms with van der Waals surface area (Å²) in [6.45, 7) is 17.3. The van der Waals surface area contributed by atoms with E-state index in [1.165, 1.54) is 5.56 Å². The molecule has 0 aliphatic heterocycles. The Labute approximate surface area is 389 Å². The van der Waals surface area contributed by atoms with Crippen molar-refractivity contribution in [3.8, 4) is 78.6 Å². The van der Waals surface area contributed by atoms with Gasteiger partial charge < -0.3 is 5.11 Å². The number of hydrogen-bond acceptors (Lipinski definition) is 3. The minimum absolute atomic E-state index is 0.0520. The van der Waals surface area contributed by atoms with Crippen LogP contribution >= 0.6 is 0 Å². The molecule has 7 aromatic carbocycles. The third-order valence-corrected chi connectivity index (χ3v) is 12.5. The van der Waals surface area contributed by atoms with Crippen molar-refractivity contribution in [1.29, 1.82) is 0 Å². The van der Waals surface area contributed by atoms with E-state index in [9.17, 15) is 5.11 Å². The molecule has 0 atom stereocenters. The molecule has 0 saturated heterocycles. The van der Waals surface area contributed by atoms with Gasteiger partial charge in [0.2, 0.25) is 0 Å². The van der Waals surface area contributed by atoms with E-state index in [-0.39, 0.29) is 22.1 Å². The number of nitrogens with zero attached hydrogens (tertiary/aromatic N) is 3. The van der Waals surface area contributed by atoms with Crippen LogP contribution in [0.15, 0.2) is 170 Å². The van der Waals surface area contributed by atoms with Gasteiger partial charge in [0.1, 0.15) is 11.6 Å². The number of aryl methyl sites for hydroxylation is 1. The molecule has 2 aromatic heterocycles. The maximum Gasteiger partial charge on any atom is 0.149 e. The minimum Gasteiger partial charge on any atom is -0.507 e. The first-order valence-electron chi connectivity index (χ1n) is 24.0. The van der Waals surface area contributed by atoms with Crippen LogP contribution in [0.25, 0.3) is 83.9 Å². The predicted octanol–water partition coefficient (Wildman–Crippen LogP) is 16.3. The fourth-order valence-electron chi connectivity index (χ4n) is 8.81. The summed E-state index contributed by atoms with van der Waals surface area (Å²) in [5.74, 6) is 0.711. The quantitative estimate of drug-likeness (QED) is 0.174. The van der Waals surface area contributed by atoms with Crippen molar-refractivity contribution in [1.82, 2.24) is 14.5 Å². The first kappa shape index (κ1) is 39.5. The second-order valence-electron chi connectivity index (χ2n) is 20.4. The van der Waals surface area contributed by atoms with Crippen LogP contribution in [0.3, 0.4) is 0 Å². The highest BCUT2D eigenvalue weighted by Gasteiger charge is 2.29. The molecule has 4 nitrogen and oxygen atoms in total. The van der Waals surface area contributed by atoms with Crippen LogP contribution in [0.1, 0.15) is 88.7 Å². The number of benzene rings is 7. The number of rotatable bonds is 7. The fraction of sp³-hybridized carbons (Fsp3) is 0.213. The van der Waals surface area contributed by atoms with Gasteiger partial charge in [0, 0.05) is 32.6 Å². The van der Waals surface area contributed by atoms with Crippen molar-refractivity contribution in [3.05, 3.63) is 192 Å². The van der Waals surface area contributed by atoms with E-state index < -0.39 is 12.3 Å². The van der Waals surface area contributed by atoms with E-state index in [1.54, 1.807) is 12.1 Å². The van der Waals surface area contributed by atoms with Gasteiger partial charge in [-0.25, -0.2) is 4.98 Å². The molecule has 0 saturated carbocycles. The molecular formula is C61H59N3O. The Kier molecular flexibility index (Phi) is 10.0. The molecule has 9 rings (SSSR count). The van der Waals surface area contributed by atoms with Crippen molar-refractivity contribution in [2.24, 2.45) is 0 Å². The highest BCUT2D eigenvalue weighted by Crippen LogP contribution is 2.46. The summed E-state index contributed by atoms with van der Waals surface area (Å²) in [6, 6.07) is 55.7. The summed E-state index contributed by atoms with van der Waals surface area (Å²) in [6.07, 6.45) is 1.89. The number of para-hydroxylation sites is 1. The van der Waals surface area contributed by atoms with Crippen molar-refractivity contribution in [2.45, 2.75) is 85.4 Å². The lowest BCUT2D eigenvalue weighted by Gasteiger charge is -2.27. The van der Waals surface area contributed by atoms with Gasteiger partial charge in [-0.1, -0.05) is 177 Å². The van der Waals surface area contributed by atoms with Gasteiger partial charge in [0.15, 0.2) is 0 Å². The zero-order valence-corrected chi connectivity index (χ0v) is 39.0. The Balaban J connectivity index is 1.34. The maximum atomic E-state index is 12.5. The number of pyridine rings is 1. The number of imidazole rings is 1.